The molecule has 0 heterocycles. The molecule has 0 saturated heterocycles. The van der Waals surface area contributed by atoms with Gasteiger partial charge in [0.25, 0.3) is 0 Å². The number of esters is 1. The lowest BCUT2D eigenvalue weighted by Gasteiger charge is -2.58. The molecule has 34 heavy (non-hydrogen) atoms. The van der Waals surface area contributed by atoms with Crippen molar-refractivity contribution in [1.82, 2.24) is 0 Å². The average molecular weight is 473 g/mol. The third kappa shape index (κ3) is 4.85. The number of carbonyl (C=O) groups excluding carboxylic acids is 1. The smallest absolute Gasteiger partial charge is 0.317 e. The molecule has 3 saturated carbocycles. The molecule has 4 aliphatic rings. The van der Waals surface area contributed by atoms with E-state index in [4.69, 9.17) is 9.84 Å². The van der Waals surface area contributed by atoms with Crippen molar-refractivity contribution < 1.29 is 19.4 Å². The third-order valence-electron chi connectivity index (χ3n) is 10.9. The molecule has 4 aliphatic carbocycles. The molecule has 0 radical (unpaired) electrons. The Balaban J connectivity index is 1.43. The monoisotopic (exact) mass is 472 g/mol. The predicted octanol–water partition coefficient (Wildman–Crippen LogP) is 7.41. The highest BCUT2D eigenvalue weighted by molar-refractivity contribution is 5.90. The summed E-state index contributed by atoms with van der Waals surface area (Å²) >= 11 is 0. The number of rotatable bonds is 8. The topological polar surface area (TPSA) is 63.6 Å². The minimum absolute atomic E-state index is 0.154. The van der Waals surface area contributed by atoms with Gasteiger partial charge in [0.15, 0.2) is 0 Å². The zero-order chi connectivity index (χ0) is 24.7. The minimum atomic E-state index is -1.11. The van der Waals surface area contributed by atoms with Gasteiger partial charge in [-0.15, -0.1) is 0 Å². The van der Waals surface area contributed by atoms with E-state index in [0.29, 0.717) is 5.41 Å². The van der Waals surface area contributed by atoms with Crippen molar-refractivity contribution in [3.05, 3.63) is 11.6 Å². The van der Waals surface area contributed by atoms with Gasteiger partial charge in [-0.05, 0) is 91.3 Å². The molecule has 4 nitrogen and oxygen atoms in total. The zero-order valence-electron chi connectivity index (χ0n) is 22.3. The van der Waals surface area contributed by atoms with Crippen molar-refractivity contribution in [1.29, 1.82) is 0 Å². The number of fused-ring (bicyclic) bond motifs is 5. The highest BCUT2D eigenvalue weighted by Crippen LogP contribution is 2.67. The molecule has 192 valence electrons. The summed E-state index contributed by atoms with van der Waals surface area (Å²) in [5, 5.41) is 8.87. The second-order valence-electron chi connectivity index (χ2n) is 13.2. The fourth-order valence-electron chi connectivity index (χ4n) is 9.10. The van der Waals surface area contributed by atoms with E-state index in [1.165, 1.54) is 56.9 Å². The van der Waals surface area contributed by atoms with E-state index < -0.39 is 18.4 Å². The van der Waals surface area contributed by atoms with Crippen LogP contribution in [0.5, 0.6) is 0 Å². The SMILES string of the molecule is CC(C)CCC[C@@H](C)[C@H]1CC[C@H]2C3CC=C4C[C@@H](OC(=O)CC(=O)O)CC[C@]4(C)[C@H]3CC[C@]12C. The minimum Gasteiger partial charge on any atom is -0.481 e. The van der Waals surface area contributed by atoms with Crippen LogP contribution in [0.3, 0.4) is 0 Å². The maximum absolute atomic E-state index is 11.9. The number of hydrogen-bond acceptors (Lipinski definition) is 3. The van der Waals surface area contributed by atoms with Crippen LogP contribution in [-0.4, -0.2) is 23.1 Å². The fraction of sp³-hybridized carbons (Fsp3) is 0.867. The Bertz CT molecular complexity index is 800. The highest BCUT2D eigenvalue weighted by atomic mass is 16.5. The van der Waals surface area contributed by atoms with Crippen molar-refractivity contribution in [2.24, 2.45) is 46.3 Å². The van der Waals surface area contributed by atoms with Crippen molar-refractivity contribution >= 4 is 11.9 Å². The van der Waals surface area contributed by atoms with Crippen LogP contribution >= 0.6 is 0 Å². The van der Waals surface area contributed by atoms with Crippen LogP contribution in [0.15, 0.2) is 11.6 Å². The maximum atomic E-state index is 11.9. The number of aliphatic carboxylic acids is 1. The van der Waals surface area contributed by atoms with Crippen LogP contribution in [0.1, 0.15) is 112 Å². The summed E-state index contributed by atoms with van der Waals surface area (Å²) in [7, 11) is 0. The Morgan fingerprint density at radius 3 is 2.53 bits per heavy atom. The molecular formula is C30H48O4. The molecule has 0 aliphatic heterocycles. The quantitative estimate of drug-likeness (QED) is 0.227. The molecule has 3 fully saturated rings. The molecule has 0 aromatic carbocycles. The van der Waals surface area contributed by atoms with E-state index in [1.54, 1.807) is 0 Å². The predicted molar refractivity (Wildman–Crippen MR) is 135 cm³/mol. The first kappa shape index (κ1) is 25.8. The molecule has 1 unspecified atom stereocenters. The number of carboxylic acid groups (broad SMARTS) is 1. The van der Waals surface area contributed by atoms with Crippen molar-refractivity contribution in [3.8, 4) is 0 Å². The Morgan fingerprint density at radius 2 is 1.82 bits per heavy atom. The lowest BCUT2D eigenvalue weighted by molar-refractivity contribution is -0.157. The van der Waals surface area contributed by atoms with Crippen molar-refractivity contribution in [2.45, 2.75) is 118 Å². The first-order valence-corrected chi connectivity index (χ1v) is 14.2. The molecule has 0 aromatic rings. The standard InChI is InChI=1S/C30H48O4/c1-19(2)7-6-8-20(3)24-11-12-25-23-10-9-21-17-22(34-28(33)18-27(31)32)13-15-29(21,4)26(23)14-16-30(24,25)5/h9,19-20,22-26H,6-8,10-18H2,1-5H3,(H,31,32)/t20-,22+,23?,24-,25+,26+,29+,30-/m1/s1. The normalized spacial score (nSPS) is 40.1. The maximum Gasteiger partial charge on any atom is 0.317 e. The summed E-state index contributed by atoms with van der Waals surface area (Å²) in [5.74, 6) is 3.23. The Morgan fingerprint density at radius 1 is 1.06 bits per heavy atom. The Hall–Kier alpha value is -1.32. The molecule has 1 N–H and O–H groups in total. The highest BCUT2D eigenvalue weighted by Gasteiger charge is 2.59. The number of carboxylic acids is 1. The van der Waals surface area contributed by atoms with E-state index >= 15 is 0 Å². The largest absolute Gasteiger partial charge is 0.481 e. The van der Waals surface area contributed by atoms with Gasteiger partial charge in [-0.3, -0.25) is 9.59 Å². The van der Waals surface area contributed by atoms with Crippen LogP contribution in [0.2, 0.25) is 0 Å². The summed E-state index contributed by atoms with van der Waals surface area (Å²) in [5.41, 5.74) is 2.21. The number of carbonyl (C=O) groups is 2. The van der Waals surface area contributed by atoms with Gasteiger partial charge >= 0.3 is 11.9 Å². The van der Waals surface area contributed by atoms with Crippen LogP contribution in [0.4, 0.5) is 0 Å². The number of hydrogen-bond donors (Lipinski definition) is 1. The third-order valence-corrected chi connectivity index (χ3v) is 10.9. The molecule has 0 amide bonds. The summed E-state index contributed by atoms with van der Waals surface area (Å²) in [6, 6.07) is 0. The number of allylic oxidation sites excluding steroid dienone is 1. The van der Waals surface area contributed by atoms with Gasteiger partial charge in [-0.25, -0.2) is 0 Å². The first-order valence-electron chi connectivity index (χ1n) is 14.2. The average Bonchev–Trinajstić information content (AvgIpc) is 3.10. The van der Waals surface area contributed by atoms with Crippen LogP contribution < -0.4 is 0 Å². The molecule has 0 bridgehead atoms. The van der Waals surface area contributed by atoms with Crippen LogP contribution in [0, 0.1) is 46.3 Å². The van der Waals surface area contributed by atoms with Crippen LogP contribution in [0.25, 0.3) is 0 Å². The Labute approximate surface area is 207 Å². The Kier molecular flexibility index (Phi) is 7.56. The zero-order valence-corrected chi connectivity index (χ0v) is 22.3. The van der Waals surface area contributed by atoms with Gasteiger partial charge in [0, 0.05) is 6.42 Å². The van der Waals surface area contributed by atoms with E-state index in [-0.39, 0.29) is 11.5 Å². The first-order chi connectivity index (χ1) is 16.0. The van der Waals surface area contributed by atoms with Crippen molar-refractivity contribution in [2.75, 3.05) is 0 Å². The lowest BCUT2D eigenvalue weighted by atomic mass is 9.47. The molecule has 4 rings (SSSR count). The van der Waals surface area contributed by atoms with E-state index in [1.807, 2.05) is 0 Å². The van der Waals surface area contributed by atoms with E-state index in [0.717, 1.165) is 54.8 Å². The van der Waals surface area contributed by atoms with Gasteiger partial charge < -0.3 is 9.84 Å². The molecule has 0 spiro atoms. The van der Waals surface area contributed by atoms with Gasteiger partial charge in [0.05, 0.1) is 0 Å². The molecule has 4 heteroatoms. The summed E-state index contributed by atoms with van der Waals surface area (Å²) in [6.07, 6.45) is 15.4. The van der Waals surface area contributed by atoms with Gasteiger partial charge in [-0.1, -0.05) is 65.5 Å². The van der Waals surface area contributed by atoms with E-state index in [9.17, 15) is 9.59 Å². The second-order valence-corrected chi connectivity index (χ2v) is 13.2. The lowest BCUT2D eigenvalue weighted by Crippen LogP contribution is -2.51. The van der Waals surface area contributed by atoms with Gasteiger partial charge in [0.2, 0.25) is 0 Å². The van der Waals surface area contributed by atoms with Gasteiger partial charge in [0.1, 0.15) is 12.5 Å². The summed E-state index contributed by atoms with van der Waals surface area (Å²) in [6.45, 7) is 12.4. The molecular weight excluding hydrogens is 424 g/mol. The molecule has 8 atom stereocenters. The summed E-state index contributed by atoms with van der Waals surface area (Å²) < 4.78 is 5.54. The fourth-order valence-corrected chi connectivity index (χ4v) is 9.10. The van der Waals surface area contributed by atoms with Gasteiger partial charge in [-0.2, -0.15) is 0 Å². The molecule has 0 aromatic heterocycles. The second kappa shape index (κ2) is 9.97. The van der Waals surface area contributed by atoms with E-state index in [2.05, 4.69) is 40.7 Å². The van der Waals surface area contributed by atoms with Crippen molar-refractivity contribution in [3.63, 3.8) is 0 Å². The summed E-state index contributed by atoms with van der Waals surface area (Å²) in [4.78, 5) is 22.7. The number of ether oxygens (including phenoxy) is 1. The van der Waals surface area contributed by atoms with Crippen LogP contribution in [-0.2, 0) is 14.3 Å².